The largest absolute Gasteiger partial charge is 0.458 e. The first kappa shape index (κ1) is 70.3. The zero-order valence-electron chi connectivity index (χ0n) is 67.5. The summed E-state index contributed by atoms with van der Waals surface area (Å²) in [5.41, 5.74) is 35.1. The third-order valence-electron chi connectivity index (χ3n) is 24.6. The number of hydrogen-bond acceptors (Lipinski definition) is 6. The number of anilines is 9. The Bertz CT molecular complexity index is 5430. The molecule has 0 saturated carbocycles. The highest BCUT2D eigenvalue weighted by Crippen LogP contribution is 2.49. The Morgan fingerprint density at radius 3 is 0.685 bits per heavy atom. The van der Waals surface area contributed by atoms with Crippen molar-refractivity contribution < 1.29 is 14.2 Å². The fourth-order valence-electron chi connectivity index (χ4n) is 18.3. The van der Waals surface area contributed by atoms with Crippen LogP contribution in [0.5, 0.6) is 34.5 Å². The van der Waals surface area contributed by atoms with Crippen molar-refractivity contribution in [1.29, 1.82) is 0 Å². The van der Waals surface area contributed by atoms with Crippen LogP contribution in [0.2, 0.25) is 0 Å². The Labute approximate surface area is 658 Å². The van der Waals surface area contributed by atoms with Gasteiger partial charge < -0.3 is 28.9 Å². The van der Waals surface area contributed by atoms with Crippen molar-refractivity contribution in [3.63, 3.8) is 0 Å². The minimum Gasteiger partial charge on any atom is -0.458 e. The molecule has 0 atom stereocenters. The molecule has 6 aliphatic rings. The normalized spacial score (nSPS) is 14.3. The SMILES string of the molecule is CC(C)(C)c1ccc(N2c3ccc(-c4cc(-c5ccc6c(c5)B5c7cc(C(C)(C)C)ccc7Oc7cccc(c75)N6c5ccc(C(C)(C)C)cc5)cc(-c5ccc6c(c5)B5c7cc(C(C)(C)C)ccc7Oc7cccc(c75)N6c5ccc(C(C)(C)C)cc5)c4)cc3B3c4cc(C(C)(C)C)ccc4Oc4cccc2c43)cc1. The molecule has 0 bridgehead atoms. The van der Waals surface area contributed by atoms with Gasteiger partial charge in [-0.05, 0) is 276 Å². The predicted molar refractivity (Wildman–Crippen MR) is 473 cm³/mol. The maximum atomic E-state index is 7.10. The molecule has 0 fully saturated rings. The minimum atomic E-state index is -0.130. The second-order valence-corrected chi connectivity index (χ2v) is 38.2. The van der Waals surface area contributed by atoms with Crippen LogP contribution in [0.3, 0.4) is 0 Å². The molecule has 19 rings (SSSR count). The monoisotopic (exact) mass is 1440 g/mol. The van der Waals surface area contributed by atoms with Crippen LogP contribution in [0.15, 0.2) is 255 Å². The third kappa shape index (κ3) is 11.6. The molecule has 13 aromatic rings. The van der Waals surface area contributed by atoms with Gasteiger partial charge in [-0.1, -0.05) is 252 Å². The van der Waals surface area contributed by atoms with E-state index in [4.69, 9.17) is 14.2 Å². The van der Waals surface area contributed by atoms with E-state index in [1.54, 1.807) is 0 Å². The molecule has 6 nitrogen and oxygen atoms in total. The fourth-order valence-corrected chi connectivity index (χ4v) is 18.3. The summed E-state index contributed by atoms with van der Waals surface area (Å²) in [4.78, 5) is 7.46. The molecule has 9 heteroatoms. The van der Waals surface area contributed by atoms with E-state index >= 15 is 0 Å². The Morgan fingerprint density at radius 1 is 0.198 bits per heavy atom. The maximum absolute atomic E-state index is 7.10. The Morgan fingerprint density at radius 2 is 0.441 bits per heavy atom. The maximum Gasteiger partial charge on any atom is 0.256 e. The number of ether oxygens (including phenoxy) is 3. The molecule has 0 spiro atoms. The molecular formula is C102H96B3N3O3. The molecule has 13 aromatic carbocycles. The lowest BCUT2D eigenvalue weighted by Crippen LogP contribution is -2.59. The fraction of sp³-hybridized carbons (Fsp3) is 0.235. The predicted octanol–water partition coefficient (Wildman–Crippen LogP) is 21.7. The first-order valence-electron chi connectivity index (χ1n) is 39.9. The van der Waals surface area contributed by atoms with E-state index in [1.807, 2.05) is 0 Å². The van der Waals surface area contributed by atoms with Crippen LogP contribution < -0.4 is 78.1 Å². The van der Waals surface area contributed by atoms with Crippen molar-refractivity contribution in [3.8, 4) is 67.9 Å². The summed E-state index contributed by atoms with van der Waals surface area (Å²) in [5, 5.41) is 0. The number of nitrogens with zero attached hydrogens (tertiary/aromatic N) is 3. The van der Waals surface area contributed by atoms with Gasteiger partial charge >= 0.3 is 0 Å². The number of fused-ring (bicyclic) bond motifs is 12. The second kappa shape index (κ2) is 24.7. The molecule has 0 aromatic heterocycles. The molecule has 111 heavy (non-hydrogen) atoms. The molecule has 0 amide bonds. The molecule has 6 aliphatic heterocycles. The third-order valence-corrected chi connectivity index (χ3v) is 24.6. The zero-order chi connectivity index (χ0) is 77.1. The topological polar surface area (TPSA) is 37.4 Å². The van der Waals surface area contributed by atoms with E-state index in [2.05, 4.69) is 394 Å². The smallest absolute Gasteiger partial charge is 0.256 e. The van der Waals surface area contributed by atoms with Gasteiger partial charge in [-0.25, -0.2) is 0 Å². The summed E-state index contributed by atoms with van der Waals surface area (Å²) in [5.74, 6) is 5.36. The van der Waals surface area contributed by atoms with E-state index < -0.39 is 0 Å². The molecule has 0 unspecified atom stereocenters. The Hall–Kier alpha value is -11.1. The van der Waals surface area contributed by atoms with Crippen LogP contribution in [-0.2, 0) is 32.5 Å². The molecule has 0 saturated heterocycles. The minimum absolute atomic E-state index is 0.0145. The summed E-state index contributed by atoms with van der Waals surface area (Å²) in [6.45, 7) is 41.1. The highest BCUT2D eigenvalue weighted by atomic mass is 16.5. The standard InChI is InChI=1S/C102H96B3N3O3/c1-97(2,3)67-31-40-73(41-32-67)106-82-46-28-61(55-76(82)103-79-58-70(100(10,11)12)37-49-88(79)109-91-25-19-22-85(106)94(91)103)64-52-65(62-29-47-83-77(56-62)104-80-59-71(101(13,14)15)38-50-89(80)110-92-26-20-23-86(95(92)104)107(83)74-42-33-68(34-43-74)98(4,5)6)54-66(53-64)63-30-48-84-78(57-63)105-81-60-72(102(16,17)18)39-51-90(81)111-93-27-21-24-87(96(93)105)108(84)75-44-35-69(36-45-75)99(7,8)9/h19-60H,1-18H3. The second-order valence-electron chi connectivity index (χ2n) is 38.2. The van der Waals surface area contributed by atoms with Crippen LogP contribution in [0.1, 0.15) is 158 Å². The lowest BCUT2D eigenvalue weighted by atomic mass is 9.34. The van der Waals surface area contributed by atoms with Gasteiger partial charge in [-0.2, -0.15) is 0 Å². The molecule has 0 N–H and O–H groups in total. The van der Waals surface area contributed by atoms with E-state index in [1.165, 1.54) is 82.5 Å². The number of benzene rings is 13. The summed E-state index contributed by atoms with van der Waals surface area (Å²) in [7, 11) is 0. The van der Waals surface area contributed by atoms with Gasteiger partial charge in [0, 0.05) is 51.2 Å². The van der Waals surface area contributed by atoms with Crippen molar-refractivity contribution in [3.05, 3.63) is 288 Å². The highest BCUT2D eigenvalue weighted by Gasteiger charge is 2.47. The van der Waals surface area contributed by atoms with Gasteiger partial charge in [0.25, 0.3) is 20.1 Å². The zero-order valence-corrected chi connectivity index (χ0v) is 67.5. The van der Waals surface area contributed by atoms with Gasteiger partial charge in [-0.3, -0.25) is 0 Å². The molecule has 6 heterocycles. The van der Waals surface area contributed by atoms with Crippen molar-refractivity contribution in [2.24, 2.45) is 0 Å². The lowest BCUT2D eigenvalue weighted by molar-refractivity contribution is 0.486. The highest BCUT2D eigenvalue weighted by molar-refractivity contribution is 7.01. The lowest BCUT2D eigenvalue weighted by Gasteiger charge is -2.40. The van der Waals surface area contributed by atoms with Crippen molar-refractivity contribution in [1.82, 2.24) is 0 Å². The van der Waals surface area contributed by atoms with Crippen molar-refractivity contribution >= 4 is 120 Å². The number of hydrogen-bond donors (Lipinski definition) is 0. The van der Waals surface area contributed by atoms with E-state index in [-0.39, 0.29) is 52.6 Å². The van der Waals surface area contributed by atoms with Gasteiger partial charge in [0.05, 0.1) is 0 Å². The van der Waals surface area contributed by atoms with Crippen molar-refractivity contribution in [2.75, 3.05) is 14.7 Å². The van der Waals surface area contributed by atoms with E-state index in [0.29, 0.717) is 0 Å². The van der Waals surface area contributed by atoms with Crippen LogP contribution in [0, 0.1) is 0 Å². The van der Waals surface area contributed by atoms with E-state index in [0.717, 1.165) is 119 Å². The van der Waals surface area contributed by atoms with Gasteiger partial charge in [0.2, 0.25) is 0 Å². The quantitative estimate of drug-likeness (QED) is 0.155. The first-order chi connectivity index (χ1) is 52.8. The van der Waals surface area contributed by atoms with Crippen LogP contribution in [0.4, 0.5) is 51.2 Å². The summed E-state index contributed by atoms with van der Waals surface area (Å²) < 4.78 is 21.3. The van der Waals surface area contributed by atoms with E-state index in [9.17, 15) is 0 Å². The Kier molecular flexibility index (Phi) is 15.6. The number of rotatable bonds is 6. The average molecular weight is 1440 g/mol. The first-order valence-corrected chi connectivity index (χ1v) is 39.9. The molecule has 546 valence electrons. The summed E-state index contributed by atoms with van der Waals surface area (Å²) in [6.07, 6.45) is 0. The average Bonchev–Trinajstić information content (AvgIpc) is 0.717. The Balaban J connectivity index is 0.863. The van der Waals surface area contributed by atoms with Crippen LogP contribution in [0.25, 0.3) is 33.4 Å². The molecular weight excluding hydrogens is 1350 g/mol. The van der Waals surface area contributed by atoms with Gasteiger partial charge in [-0.15, -0.1) is 0 Å². The summed E-state index contributed by atoms with van der Waals surface area (Å²) >= 11 is 0. The van der Waals surface area contributed by atoms with Crippen LogP contribution in [-0.4, -0.2) is 20.1 Å². The summed E-state index contributed by atoms with van der Waals surface area (Å²) in [6, 6.07) is 97.7. The van der Waals surface area contributed by atoms with Gasteiger partial charge in [0.1, 0.15) is 34.5 Å². The molecule has 0 aliphatic carbocycles. The van der Waals surface area contributed by atoms with Crippen LogP contribution >= 0.6 is 0 Å². The molecule has 0 radical (unpaired) electrons. The van der Waals surface area contributed by atoms with Crippen molar-refractivity contribution in [2.45, 2.75) is 157 Å². The van der Waals surface area contributed by atoms with Gasteiger partial charge in [0.15, 0.2) is 0 Å².